The lowest BCUT2D eigenvalue weighted by molar-refractivity contribution is -0.116. The number of amides is 1. The van der Waals surface area contributed by atoms with E-state index < -0.39 is 5.91 Å². The van der Waals surface area contributed by atoms with Gasteiger partial charge in [0.2, 0.25) is 11.6 Å². The number of aromatic nitrogens is 4. The van der Waals surface area contributed by atoms with Crippen molar-refractivity contribution in [2.45, 2.75) is 0 Å². The van der Waals surface area contributed by atoms with Gasteiger partial charge in [-0.1, -0.05) is 0 Å². The lowest BCUT2D eigenvalue weighted by Gasteiger charge is -2.02. The Morgan fingerprint density at radius 3 is 3.29 bits per heavy atom. The van der Waals surface area contributed by atoms with Gasteiger partial charge in [0.05, 0.1) is 6.54 Å². The number of hydrogen-bond donors (Lipinski definition) is 2. The fraction of sp³-hybridized carbons (Fsp3) is 0.143. The molecule has 7 nitrogen and oxygen atoms in total. The Morgan fingerprint density at radius 2 is 2.50 bits per heavy atom. The maximum Gasteiger partial charge on any atom is 0.236 e. The highest BCUT2D eigenvalue weighted by Gasteiger charge is 2.04. The first-order valence-corrected chi connectivity index (χ1v) is 3.94. The molecule has 0 aromatic carbocycles. The minimum atomic E-state index is -0.451. The maximum atomic E-state index is 10.5. The second-order valence-corrected chi connectivity index (χ2v) is 2.66. The second kappa shape index (κ2) is 3.29. The van der Waals surface area contributed by atoms with E-state index in [4.69, 9.17) is 5.73 Å². The van der Waals surface area contributed by atoms with Crippen LogP contribution in [0.1, 0.15) is 0 Å². The van der Waals surface area contributed by atoms with Gasteiger partial charge in [-0.2, -0.15) is 0 Å². The topological polar surface area (TPSA) is 98.2 Å². The fourth-order valence-electron chi connectivity index (χ4n) is 1.05. The summed E-state index contributed by atoms with van der Waals surface area (Å²) >= 11 is 0. The number of nitrogens with one attached hydrogen (secondary N) is 1. The molecule has 0 saturated heterocycles. The second-order valence-electron chi connectivity index (χ2n) is 2.66. The van der Waals surface area contributed by atoms with Gasteiger partial charge in [0.1, 0.15) is 6.33 Å². The van der Waals surface area contributed by atoms with Crippen molar-refractivity contribution in [1.29, 1.82) is 0 Å². The lowest BCUT2D eigenvalue weighted by Crippen LogP contribution is -2.22. The van der Waals surface area contributed by atoms with Crippen LogP contribution in [0.4, 0.5) is 5.82 Å². The summed E-state index contributed by atoms with van der Waals surface area (Å²) in [5.74, 6) is 0.0390. The van der Waals surface area contributed by atoms with Crippen LogP contribution in [-0.4, -0.2) is 32.0 Å². The quantitative estimate of drug-likeness (QED) is 0.651. The molecule has 0 aliphatic heterocycles. The van der Waals surface area contributed by atoms with Crippen molar-refractivity contribution in [3.05, 3.63) is 18.7 Å². The average molecular weight is 192 g/mol. The fourth-order valence-corrected chi connectivity index (χ4v) is 1.05. The van der Waals surface area contributed by atoms with E-state index in [1.54, 1.807) is 23.1 Å². The van der Waals surface area contributed by atoms with Crippen LogP contribution in [0.5, 0.6) is 0 Å². The smallest absolute Gasteiger partial charge is 0.236 e. The zero-order valence-electron chi connectivity index (χ0n) is 7.21. The van der Waals surface area contributed by atoms with Crippen molar-refractivity contribution in [2.75, 3.05) is 11.9 Å². The van der Waals surface area contributed by atoms with Crippen molar-refractivity contribution in [2.24, 2.45) is 5.73 Å². The number of primary amides is 1. The summed E-state index contributed by atoms with van der Waals surface area (Å²) in [5.41, 5.74) is 5.55. The molecule has 2 rings (SSSR count). The number of carbonyl (C=O) groups is 1. The number of nitrogens with two attached hydrogens (primary N) is 1. The summed E-state index contributed by atoms with van der Waals surface area (Å²) in [6, 6.07) is 0. The third-order valence-electron chi connectivity index (χ3n) is 1.65. The molecule has 14 heavy (non-hydrogen) atoms. The molecular weight excluding hydrogens is 184 g/mol. The minimum Gasteiger partial charge on any atom is -0.368 e. The largest absolute Gasteiger partial charge is 0.368 e. The zero-order chi connectivity index (χ0) is 9.97. The van der Waals surface area contributed by atoms with E-state index in [2.05, 4.69) is 20.5 Å². The molecule has 0 bridgehead atoms. The monoisotopic (exact) mass is 192 g/mol. The number of nitrogens with zero attached hydrogens (tertiary/aromatic N) is 4. The summed E-state index contributed by atoms with van der Waals surface area (Å²) in [6.07, 6.45) is 4.84. The maximum absolute atomic E-state index is 10.5. The number of fused-ring (bicyclic) bond motifs is 1. The van der Waals surface area contributed by atoms with Crippen molar-refractivity contribution < 1.29 is 4.79 Å². The SMILES string of the molecule is NC(=O)CNc1nccn2cnnc12. The van der Waals surface area contributed by atoms with E-state index in [0.717, 1.165) is 0 Å². The molecule has 2 aromatic rings. The molecule has 2 heterocycles. The summed E-state index contributed by atoms with van der Waals surface area (Å²) < 4.78 is 1.69. The summed E-state index contributed by atoms with van der Waals surface area (Å²) in [5, 5.41) is 10.3. The molecule has 0 spiro atoms. The van der Waals surface area contributed by atoms with E-state index >= 15 is 0 Å². The van der Waals surface area contributed by atoms with Gasteiger partial charge in [-0.15, -0.1) is 10.2 Å². The third-order valence-corrected chi connectivity index (χ3v) is 1.65. The van der Waals surface area contributed by atoms with Gasteiger partial charge in [0.15, 0.2) is 5.82 Å². The zero-order valence-corrected chi connectivity index (χ0v) is 7.21. The number of hydrogen-bond acceptors (Lipinski definition) is 5. The van der Waals surface area contributed by atoms with E-state index in [9.17, 15) is 4.79 Å². The molecule has 0 atom stereocenters. The average Bonchev–Trinajstić information content (AvgIpc) is 2.62. The highest BCUT2D eigenvalue weighted by atomic mass is 16.1. The molecule has 2 aromatic heterocycles. The van der Waals surface area contributed by atoms with Gasteiger partial charge < -0.3 is 11.1 Å². The summed E-state index contributed by atoms with van der Waals surface area (Å²) in [4.78, 5) is 14.5. The van der Waals surface area contributed by atoms with Gasteiger partial charge in [-0.05, 0) is 0 Å². The molecule has 72 valence electrons. The Morgan fingerprint density at radius 1 is 1.64 bits per heavy atom. The molecule has 7 heteroatoms. The van der Waals surface area contributed by atoms with Gasteiger partial charge in [-0.3, -0.25) is 9.20 Å². The van der Waals surface area contributed by atoms with Crippen LogP contribution in [0.2, 0.25) is 0 Å². The van der Waals surface area contributed by atoms with Crippen LogP contribution in [-0.2, 0) is 4.79 Å². The Bertz CT molecular complexity index is 464. The number of anilines is 1. The van der Waals surface area contributed by atoms with Crippen molar-refractivity contribution in [3.63, 3.8) is 0 Å². The molecular formula is C7H8N6O. The molecule has 0 aliphatic rings. The summed E-state index contributed by atoms with van der Waals surface area (Å²) in [7, 11) is 0. The standard InChI is InChI=1S/C7H8N6O/c8-5(14)3-10-6-7-12-11-4-13(7)2-1-9-6/h1-2,4H,3H2,(H2,8,14)(H,9,10). The van der Waals surface area contributed by atoms with E-state index in [-0.39, 0.29) is 6.54 Å². The highest BCUT2D eigenvalue weighted by molar-refractivity contribution is 5.79. The number of carbonyl (C=O) groups excluding carboxylic acids is 1. The molecule has 0 radical (unpaired) electrons. The van der Waals surface area contributed by atoms with Crippen molar-refractivity contribution in [3.8, 4) is 0 Å². The third kappa shape index (κ3) is 1.47. The molecule has 0 unspecified atom stereocenters. The van der Waals surface area contributed by atoms with Gasteiger partial charge in [0.25, 0.3) is 0 Å². The van der Waals surface area contributed by atoms with E-state index in [1.165, 1.54) is 0 Å². The Balaban J connectivity index is 2.32. The van der Waals surface area contributed by atoms with Crippen LogP contribution < -0.4 is 11.1 Å². The predicted octanol–water partition coefficient (Wildman–Crippen LogP) is -0.979. The molecule has 0 fully saturated rings. The Hall–Kier alpha value is -2.18. The van der Waals surface area contributed by atoms with Crippen molar-refractivity contribution >= 4 is 17.4 Å². The Kier molecular flexibility index (Phi) is 1.98. The summed E-state index contributed by atoms with van der Waals surface area (Å²) in [6.45, 7) is 0.0273. The van der Waals surface area contributed by atoms with E-state index in [1.807, 2.05) is 0 Å². The van der Waals surface area contributed by atoms with Crippen LogP contribution >= 0.6 is 0 Å². The van der Waals surface area contributed by atoms with E-state index in [0.29, 0.717) is 11.5 Å². The van der Waals surface area contributed by atoms with Crippen LogP contribution in [0, 0.1) is 0 Å². The lowest BCUT2D eigenvalue weighted by atomic mass is 10.5. The molecule has 0 aliphatic carbocycles. The predicted molar refractivity (Wildman–Crippen MR) is 48.5 cm³/mol. The first-order valence-electron chi connectivity index (χ1n) is 3.94. The van der Waals surface area contributed by atoms with Gasteiger partial charge in [0, 0.05) is 12.4 Å². The number of rotatable bonds is 3. The minimum absolute atomic E-state index is 0.0273. The molecule has 1 amide bonds. The van der Waals surface area contributed by atoms with Crippen LogP contribution in [0.15, 0.2) is 18.7 Å². The first kappa shape index (κ1) is 8.42. The first-order chi connectivity index (χ1) is 6.77. The highest BCUT2D eigenvalue weighted by Crippen LogP contribution is 2.08. The van der Waals surface area contributed by atoms with Crippen LogP contribution in [0.3, 0.4) is 0 Å². The molecule has 0 saturated carbocycles. The normalized spacial score (nSPS) is 10.3. The Labute approximate surface area is 79.0 Å². The van der Waals surface area contributed by atoms with Gasteiger partial charge in [-0.25, -0.2) is 4.98 Å². The van der Waals surface area contributed by atoms with Crippen LogP contribution in [0.25, 0.3) is 5.65 Å². The van der Waals surface area contributed by atoms with Crippen molar-refractivity contribution in [1.82, 2.24) is 19.6 Å². The molecule has 3 N–H and O–H groups in total. The van der Waals surface area contributed by atoms with Gasteiger partial charge >= 0.3 is 0 Å².